The van der Waals surface area contributed by atoms with Crippen LogP contribution in [0.25, 0.3) is 0 Å². The van der Waals surface area contributed by atoms with E-state index in [9.17, 15) is 5.11 Å². The summed E-state index contributed by atoms with van der Waals surface area (Å²) in [5.41, 5.74) is 7.31. The molecule has 0 heterocycles. The average molecular weight is 246 g/mol. The molecule has 0 aromatic heterocycles. The number of benzene rings is 1. The molecule has 0 aliphatic heterocycles. The molecule has 1 rings (SSSR count). The zero-order chi connectivity index (χ0) is 13.6. The van der Waals surface area contributed by atoms with E-state index in [0.29, 0.717) is 6.54 Å². The summed E-state index contributed by atoms with van der Waals surface area (Å²) in [5.74, 6) is 5.83. The Morgan fingerprint density at radius 2 is 1.89 bits per heavy atom. The van der Waals surface area contributed by atoms with Gasteiger partial charge in [0.15, 0.2) is 0 Å². The lowest BCUT2D eigenvalue weighted by Gasteiger charge is -2.33. The van der Waals surface area contributed by atoms with Crippen LogP contribution >= 0.6 is 0 Å². The van der Waals surface area contributed by atoms with Gasteiger partial charge in [-0.1, -0.05) is 24.0 Å². The number of hydrogen-bond donors (Lipinski definition) is 2. The molecule has 0 fully saturated rings. The highest BCUT2D eigenvalue weighted by molar-refractivity contribution is 5.36. The maximum atomic E-state index is 9.31. The molecular formula is C15H22N2O. The molecule has 0 atom stereocenters. The molecule has 18 heavy (non-hydrogen) atoms. The van der Waals surface area contributed by atoms with Gasteiger partial charge in [0.05, 0.1) is 13.2 Å². The minimum atomic E-state index is -0.210. The second-order valence-electron chi connectivity index (χ2n) is 5.03. The third-order valence-electron chi connectivity index (χ3n) is 3.13. The maximum Gasteiger partial charge on any atom is 0.0610 e. The van der Waals surface area contributed by atoms with Gasteiger partial charge in [0.2, 0.25) is 0 Å². The van der Waals surface area contributed by atoms with Crippen LogP contribution in [0.3, 0.4) is 0 Å². The van der Waals surface area contributed by atoms with E-state index < -0.39 is 0 Å². The molecule has 3 N–H and O–H groups in total. The first-order valence-corrected chi connectivity index (χ1v) is 6.09. The van der Waals surface area contributed by atoms with Crippen LogP contribution in [0.15, 0.2) is 24.3 Å². The standard InChI is InChI=1S/C15H22N2O/c1-15(2,12-18)17(3)11-14-8-6-13(7-9-14)5-4-10-16/h6-9,18H,10-12,16H2,1-3H3. The van der Waals surface area contributed by atoms with E-state index in [4.69, 9.17) is 5.73 Å². The van der Waals surface area contributed by atoms with E-state index in [0.717, 1.165) is 12.1 Å². The fourth-order valence-electron chi connectivity index (χ4n) is 1.46. The van der Waals surface area contributed by atoms with Gasteiger partial charge in [-0.25, -0.2) is 0 Å². The van der Waals surface area contributed by atoms with Crippen molar-refractivity contribution in [3.63, 3.8) is 0 Å². The molecule has 0 unspecified atom stereocenters. The number of likely N-dealkylation sites (N-methyl/N-ethyl adjacent to an activating group) is 1. The number of rotatable bonds is 4. The predicted octanol–water partition coefficient (Wildman–Crippen LogP) is 1.20. The Hall–Kier alpha value is -1.34. The van der Waals surface area contributed by atoms with Crippen molar-refractivity contribution in [3.8, 4) is 11.8 Å². The molecule has 1 aromatic rings. The minimum Gasteiger partial charge on any atom is -0.394 e. The van der Waals surface area contributed by atoms with E-state index in [1.165, 1.54) is 5.56 Å². The third kappa shape index (κ3) is 4.15. The van der Waals surface area contributed by atoms with Gasteiger partial charge in [-0.05, 0) is 38.6 Å². The summed E-state index contributed by atoms with van der Waals surface area (Å²) in [7, 11) is 2.01. The molecule has 0 radical (unpaired) electrons. The molecule has 0 saturated heterocycles. The van der Waals surface area contributed by atoms with Crippen molar-refractivity contribution in [2.24, 2.45) is 5.73 Å². The lowest BCUT2D eigenvalue weighted by molar-refractivity contribution is 0.0734. The van der Waals surface area contributed by atoms with E-state index in [-0.39, 0.29) is 12.1 Å². The van der Waals surface area contributed by atoms with Crippen LogP contribution in [-0.2, 0) is 6.54 Å². The monoisotopic (exact) mass is 246 g/mol. The zero-order valence-electron chi connectivity index (χ0n) is 11.4. The van der Waals surface area contributed by atoms with Crippen molar-refractivity contribution in [3.05, 3.63) is 35.4 Å². The SMILES string of the molecule is CN(Cc1ccc(C#CCN)cc1)C(C)(C)CO. The fourth-order valence-corrected chi connectivity index (χ4v) is 1.46. The lowest BCUT2D eigenvalue weighted by Crippen LogP contribution is -2.43. The summed E-state index contributed by atoms with van der Waals surface area (Å²) >= 11 is 0. The highest BCUT2D eigenvalue weighted by atomic mass is 16.3. The summed E-state index contributed by atoms with van der Waals surface area (Å²) in [6.07, 6.45) is 0. The van der Waals surface area contributed by atoms with Crippen LogP contribution in [0, 0.1) is 11.8 Å². The summed E-state index contributed by atoms with van der Waals surface area (Å²) in [5, 5.41) is 9.31. The second kappa shape index (κ2) is 6.55. The molecule has 0 amide bonds. The number of aliphatic hydroxyl groups excluding tert-OH is 1. The van der Waals surface area contributed by atoms with Crippen LogP contribution in [0.4, 0.5) is 0 Å². The fraction of sp³-hybridized carbons (Fsp3) is 0.467. The Bertz CT molecular complexity index is 426. The summed E-state index contributed by atoms with van der Waals surface area (Å²) < 4.78 is 0. The summed E-state index contributed by atoms with van der Waals surface area (Å²) in [6.45, 7) is 5.37. The van der Waals surface area contributed by atoms with Gasteiger partial charge in [0, 0.05) is 17.6 Å². The Balaban J connectivity index is 2.69. The molecular weight excluding hydrogens is 224 g/mol. The smallest absolute Gasteiger partial charge is 0.0610 e. The first kappa shape index (κ1) is 14.7. The second-order valence-corrected chi connectivity index (χ2v) is 5.03. The van der Waals surface area contributed by atoms with Gasteiger partial charge in [-0.15, -0.1) is 0 Å². The van der Waals surface area contributed by atoms with Gasteiger partial charge >= 0.3 is 0 Å². The van der Waals surface area contributed by atoms with Gasteiger partial charge in [0.25, 0.3) is 0 Å². The molecule has 0 aliphatic rings. The Morgan fingerprint density at radius 1 is 1.28 bits per heavy atom. The predicted molar refractivity (Wildman–Crippen MR) is 75.0 cm³/mol. The molecule has 0 aliphatic carbocycles. The maximum absolute atomic E-state index is 9.31. The number of nitrogens with zero attached hydrogens (tertiary/aromatic N) is 1. The van der Waals surface area contributed by atoms with Gasteiger partial charge in [-0.2, -0.15) is 0 Å². The molecule has 0 saturated carbocycles. The molecule has 3 heteroatoms. The molecule has 0 bridgehead atoms. The highest BCUT2D eigenvalue weighted by Crippen LogP contribution is 2.15. The number of nitrogens with two attached hydrogens (primary N) is 1. The molecule has 98 valence electrons. The van der Waals surface area contributed by atoms with Gasteiger partial charge in [0.1, 0.15) is 0 Å². The summed E-state index contributed by atoms with van der Waals surface area (Å²) in [4.78, 5) is 2.13. The van der Waals surface area contributed by atoms with Crippen LogP contribution in [-0.4, -0.2) is 35.7 Å². The lowest BCUT2D eigenvalue weighted by atomic mass is 10.0. The van der Waals surface area contributed by atoms with Gasteiger partial charge < -0.3 is 10.8 Å². The van der Waals surface area contributed by atoms with E-state index in [2.05, 4.69) is 28.9 Å². The minimum absolute atomic E-state index is 0.142. The Labute approximate surface area is 110 Å². The largest absolute Gasteiger partial charge is 0.394 e. The average Bonchev–Trinajstić information content (AvgIpc) is 2.37. The number of hydrogen-bond acceptors (Lipinski definition) is 3. The van der Waals surface area contributed by atoms with Crippen LogP contribution < -0.4 is 5.73 Å². The quantitative estimate of drug-likeness (QED) is 0.785. The molecule has 3 nitrogen and oxygen atoms in total. The Morgan fingerprint density at radius 3 is 2.39 bits per heavy atom. The van der Waals surface area contributed by atoms with Crippen molar-refractivity contribution >= 4 is 0 Å². The van der Waals surface area contributed by atoms with Crippen molar-refractivity contribution in [1.82, 2.24) is 4.90 Å². The highest BCUT2D eigenvalue weighted by Gasteiger charge is 2.22. The topological polar surface area (TPSA) is 49.5 Å². The van der Waals surface area contributed by atoms with Crippen LogP contribution in [0.2, 0.25) is 0 Å². The first-order chi connectivity index (χ1) is 8.49. The molecule has 1 aromatic carbocycles. The van der Waals surface area contributed by atoms with Crippen molar-refractivity contribution < 1.29 is 5.11 Å². The van der Waals surface area contributed by atoms with E-state index >= 15 is 0 Å². The van der Waals surface area contributed by atoms with E-state index in [1.807, 2.05) is 33.0 Å². The summed E-state index contributed by atoms with van der Waals surface area (Å²) in [6, 6.07) is 8.12. The van der Waals surface area contributed by atoms with Crippen molar-refractivity contribution in [1.29, 1.82) is 0 Å². The van der Waals surface area contributed by atoms with E-state index in [1.54, 1.807) is 0 Å². The Kier molecular flexibility index (Phi) is 5.36. The van der Waals surface area contributed by atoms with Crippen LogP contribution in [0.1, 0.15) is 25.0 Å². The zero-order valence-corrected chi connectivity index (χ0v) is 11.4. The first-order valence-electron chi connectivity index (χ1n) is 6.09. The van der Waals surface area contributed by atoms with Crippen molar-refractivity contribution in [2.75, 3.05) is 20.2 Å². The number of aliphatic hydroxyl groups is 1. The molecule has 0 spiro atoms. The third-order valence-corrected chi connectivity index (χ3v) is 3.13. The van der Waals surface area contributed by atoms with Crippen LogP contribution in [0.5, 0.6) is 0 Å². The normalized spacial score (nSPS) is 11.2. The van der Waals surface area contributed by atoms with Gasteiger partial charge in [-0.3, -0.25) is 4.90 Å². The van der Waals surface area contributed by atoms with Crippen molar-refractivity contribution in [2.45, 2.75) is 25.9 Å².